The van der Waals surface area contributed by atoms with Crippen LogP contribution in [-0.4, -0.2) is 96.7 Å². The second-order valence-electron chi connectivity index (χ2n) is 30.1. The molecule has 17 nitrogen and oxygen atoms in total. The van der Waals surface area contributed by atoms with Gasteiger partial charge in [-0.15, -0.1) is 0 Å². The Labute approximate surface area is 626 Å². The molecule has 3 unspecified atom stereocenters. The fourth-order valence-electron chi connectivity index (χ4n) is 12.9. The Morgan fingerprint density at radius 2 is 0.471 bits per heavy atom. The van der Waals surface area contributed by atoms with Gasteiger partial charge in [0.2, 0.25) is 0 Å². The third-order valence-electron chi connectivity index (χ3n) is 19.9. The number of phosphoric ester groups is 2. The van der Waals surface area contributed by atoms with Gasteiger partial charge in [0.05, 0.1) is 26.4 Å². The first-order valence-electron chi connectivity index (χ1n) is 43.2. The molecule has 0 heterocycles. The van der Waals surface area contributed by atoms with E-state index in [0.29, 0.717) is 25.7 Å². The largest absolute Gasteiger partial charge is 0.472 e. The molecule has 0 bridgehead atoms. The van der Waals surface area contributed by atoms with Crippen molar-refractivity contribution in [3.05, 3.63) is 0 Å². The van der Waals surface area contributed by atoms with Crippen molar-refractivity contribution < 1.29 is 80.2 Å². The van der Waals surface area contributed by atoms with E-state index in [0.717, 1.165) is 95.8 Å². The van der Waals surface area contributed by atoms with E-state index < -0.39 is 97.5 Å². The number of rotatable bonds is 83. The molecular weight excluding hydrogens is 1330 g/mol. The number of ether oxygens (including phenoxy) is 4. The van der Waals surface area contributed by atoms with Crippen LogP contribution in [0.3, 0.4) is 0 Å². The lowest BCUT2D eigenvalue weighted by molar-refractivity contribution is -0.161. The molecule has 6 atom stereocenters. The van der Waals surface area contributed by atoms with E-state index in [1.807, 2.05) is 0 Å². The van der Waals surface area contributed by atoms with E-state index in [4.69, 9.17) is 37.0 Å². The topological polar surface area (TPSA) is 237 Å². The fraction of sp³-hybridized carbons (Fsp3) is 0.952. The minimum absolute atomic E-state index is 0.107. The van der Waals surface area contributed by atoms with Gasteiger partial charge in [-0.05, 0) is 31.6 Å². The molecule has 0 spiro atoms. The quantitative estimate of drug-likeness (QED) is 0.0222. The highest BCUT2D eigenvalue weighted by molar-refractivity contribution is 7.47. The second-order valence-corrected chi connectivity index (χ2v) is 33.0. The van der Waals surface area contributed by atoms with Crippen LogP contribution in [0.15, 0.2) is 0 Å². The fourth-order valence-corrected chi connectivity index (χ4v) is 14.5. The maximum Gasteiger partial charge on any atom is 0.472 e. The van der Waals surface area contributed by atoms with Crippen LogP contribution < -0.4 is 0 Å². The number of hydrogen-bond donors (Lipinski definition) is 3. The van der Waals surface area contributed by atoms with Crippen LogP contribution in [0.4, 0.5) is 0 Å². The Hall–Kier alpha value is -1.94. The van der Waals surface area contributed by atoms with Crippen LogP contribution in [0.2, 0.25) is 0 Å². The van der Waals surface area contributed by atoms with Crippen LogP contribution in [0.1, 0.15) is 446 Å². The maximum absolute atomic E-state index is 13.1. The van der Waals surface area contributed by atoms with Crippen molar-refractivity contribution >= 4 is 39.5 Å². The highest BCUT2D eigenvalue weighted by Gasteiger charge is 2.30. The van der Waals surface area contributed by atoms with E-state index in [1.165, 1.54) is 270 Å². The lowest BCUT2D eigenvalue weighted by atomic mass is 9.99. The number of carbonyl (C=O) groups is 4. The zero-order valence-electron chi connectivity index (χ0n) is 66.8. The first-order valence-corrected chi connectivity index (χ1v) is 46.2. The lowest BCUT2D eigenvalue weighted by Crippen LogP contribution is -2.30. The van der Waals surface area contributed by atoms with Crippen molar-refractivity contribution in [3.8, 4) is 0 Å². The molecule has 0 aromatic carbocycles. The number of esters is 4. The van der Waals surface area contributed by atoms with Crippen LogP contribution in [0.25, 0.3) is 0 Å². The molecule has 0 radical (unpaired) electrons. The third-order valence-corrected chi connectivity index (χ3v) is 21.8. The van der Waals surface area contributed by atoms with Crippen LogP contribution in [-0.2, 0) is 65.4 Å². The number of unbranched alkanes of at least 4 members (excludes halogenated alkanes) is 54. The molecule has 0 aromatic rings. The molecule has 102 heavy (non-hydrogen) atoms. The monoisotopic (exact) mass is 1490 g/mol. The standard InChI is InChI=1S/C83H162O17P2/c1-6-10-13-16-19-22-25-26-27-28-29-30-34-37-40-43-48-52-57-62-67-81(86)94-73-79(100-83(88)69-64-59-54-49-44-41-38-35-32-31-33-36-39-42-45-50-55-60-65-76(5)9-4)75-98-102(91,92)96-71-77(84)70-95-101(89,90)97-74-78(99-82(87)68-63-58-53-47-24-21-18-15-12-8-3)72-93-80(85)66-61-56-51-46-23-20-17-14-11-7-2/h76-79,84H,6-75H2,1-5H3,(H,89,90)(H,91,92)/t76?,77-,78+,79+/m0/s1. The summed E-state index contributed by atoms with van der Waals surface area (Å²) in [6, 6.07) is 0. The van der Waals surface area contributed by atoms with Crippen molar-refractivity contribution in [2.75, 3.05) is 39.6 Å². The summed E-state index contributed by atoms with van der Waals surface area (Å²) in [6.07, 6.45) is 68.1. The summed E-state index contributed by atoms with van der Waals surface area (Å²) in [4.78, 5) is 73.0. The normalized spacial score (nSPS) is 14.1. The van der Waals surface area contributed by atoms with Gasteiger partial charge in [-0.2, -0.15) is 0 Å². The van der Waals surface area contributed by atoms with Gasteiger partial charge in [0.15, 0.2) is 12.2 Å². The third kappa shape index (κ3) is 74.9. The average molecular weight is 1490 g/mol. The Kier molecular flexibility index (Phi) is 74.4. The SMILES string of the molecule is CCCCCCCCCCCCCCCCCCCCCCC(=O)OC[C@H](COP(=O)(O)OC[C@@H](O)COP(=O)(O)OC[C@@H](COC(=O)CCCCCCCCCCCC)OC(=O)CCCCCCCCCCCC)OC(=O)CCCCCCCCCCCCCCCCCCCCC(C)CC. The second kappa shape index (κ2) is 75.9. The van der Waals surface area contributed by atoms with Gasteiger partial charge in [-0.3, -0.25) is 37.3 Å². The molecule has 0 saturated carbocycles. The Bertz CT molecular complexity index is 1950. The summed E-state index contributed by atoms with van der Waals surface area (Å²) < 4.78 is 68.7. The van der Waals surface area contributed by atoms with Gasteiger partial charge in [-0.25, -0.2) is 9.13 Å². The number of hydrogen-bond acceptors (Lipinski definition) is 15. The van der Waals surface area contributed by atoms with Gasteiger partial charge in [0.25, 0.3) is 0 Å². The van der Waals surface area contributed by atoms with Gasteiger partial charge >= 0.3 is 39.5 Å². The maximum atomic E-state index is 13.1. The van der Waals surface area contributed by atoms with Crippen LogP contribution in [0.5, 0.6) is 0 Å². The number of phosphoric acid groups is 2. The van der Waals surface area contributed by atoms with E-state index in [9.17, 15) is 43.2 Å². The van der Waals surface area contributed by atoms with E-state index >= 15 is 0 Å². The summed E-state index contributed by atoms with van der Waals surface area (Å²) in [5.41, 5.74) is 0. The van der Waals surface area contributed by atoms with Crippen LogP contribution in [0, 0.1) is 5.92 Å². The van der Waals surface area contributed by atoms with Crippen molar-refractivity contribution in [2.45, 2.75) is 464 Å². The Balaban J connectivity index is 5.17. The molecule has 0 rings (SSSR count). The van der Waals surface area contributed by atoms with E-state index in [2.05, 4.69) is 34.6 Å². The van der Waals surface area contributed by atoms with Crippen molar-refractivity contribution in [2.24, 2.45) is 5.92 Å². The molecule has 0 aliphatic carbocycles. The van der Waals surface area contributed by atoms with Gasteiger partial charge in [0, 0.05) is 25.7 Å². The zero-order valence-corrected chi connectivity index (χ0v) is 68.5. The smallest absolute Gasteiger partial charge is 0.462 e. The molecular formula is C83H162O17P2. The predicted octanol–water partition coefficient (Wildman–Crippen LogP) is 25.2. The Morgan fingerprint density at radius 1 is 0.275 bits per heavy atom. The summed E-state index contributed by atoms with van der Waals surface area (Å²) >= 11 is 0. The van der Waals surface area contributed by atoms with Gasteiger partial charge in [0.1, 0.15) is 19.3 Å². The van der Waals surface area contributed by atoms with Crippen molar-refractivity contribution in [3.63, 3.8) is 0 Å². The van der Waals surface area contributed by atoms with E-state index in [-0.39, 0.29) is 25.7 Å². The molecule has 0 aliphatic heterocycles. The first kappa shape index (κ1) is 100. The number of aliphatic hydroxyl groups is 1. The minimum Gasteiger partial charge on any atom is -0.462 e. The van der Waals surface area contributed by atoms with E-state index in [1.54, 1.807) is 0 Å². The molecule has 0 aliphatic rings. The minimum atomic E-state index is -4.96. The molecule has 3 N–H and O–H groups in total. The number of aliphatic hydroxyl groups excluding tert-OH is 1. The molecule has 0 aromatic heterocycles. The summed E-state index contributed by atoms with van der Waals surface area (Å²) in [5, 5.41) is 10.6. The zero-order chi connectivity index (χ0) is 74.8. The summed E-state index contributed by atoms with van der Waals surface area (Å²) in [5.74, 6) is -1.23. The Morgan fingerprint density at radius 3 is 0.696 bits per heavy atom. The lowest BCUT2D eigenvalue weighted by Gasteiger charge is -2.21. The predicted molar refractivity (Wildman–Crippen MR) is 418 cm³/mol. The van der Waals surface area contributed by atoms with Gasteiger partial charge < -0.3 is 33.8 Å². The molecule has 0 saturated heterocycles. The average Bonchev–Trinajstić information content (AvgIpc) is 0.914. The summed E-state index contributed by atoms with van der Waals surface area (Å²) in [7, 11) is -9.92. The van der Waals surface area contributed by atoms with Crippen molar-refractivity contribution in [1.82, 2.24) is 0 Å². The number of carbonyl (C=O) groups excluding carboxylic acids is 4. The molecule has 0 amide bonds. The highest BCUT2D eigenvalue weighted by Crippen LogP contribution is 2.45. The molecule has 0 fully saturated rings. The first-order chi connectivity index (χ1) is 49.6. The van der Waals surface area contributed by atoms with Gasteiger partial charge in [-0.1, -0.05) is 394 Å². The molecule has 606 valence electrons. The van der Waals surface area contributed by atoms with Crippen LogP contribution >= 0.6 is 15.6 Å². The summed E-state index contributed by atoms with van der Waals surface area (Å²) in [6.45, 7) is 7.38. The van der Waals surface area contributed by atoms with Crippen molar-refractivity contribution in [1.29, 1.82) is 0 Å². The molecule has 19 heteroatoms. The highest BCUT2D eigenvalue weighted by atomic mass is 31.2.